The van der Waals surface area contributed by atoms with Crippen molar-refractivity contribution in [2.45, 2.75) is 13.0 Å². The van der Waals surface area contributed by atoms with Crippen molar-refractivity contribution in [1.29, 1.82) is 0 Å². The van der Waals surface area contributed by atoms with Crippen molar-refractivity contribution >= 4 is 22.5 Å². The van der Waals surface area contributed by atoms with Gasteiger partial charge in [-0.2, -0.15) is 4.52 Å². The molecular formula is C21H22N5O3. The van der Waals surface area contributed by atoms with Crippen LogP contribution in [-0.4, -0.2) is 40.9 Å². The van der Waals surface area contributed by atoms with Crippen molar-refractivity contribution in [3.63, 3.8) is 0 Å². The molecule has 0 aliphatic heterocycles. The van der Waals surface area contributed by atoms with Crippen LogP contribution >= 0.6 is 0 Å². The third kappa shape index (κ3) is 3.37. The van der Waals surface area contributed by atoms with E-state index in [0.29, 0.717) is 36.1 Å². The van der Waals surface area contributed by atoms with E-state index in [9.17, 15) is 0 Å². The van der Waals surface area contributed by atoms with E-state index in [2.05, 4.69) is 22.3 Å². The molecule has 0 fully saturated rings. The van der Waals surface area contributed by atoms with E-state index in [0.717, 1.165) is 28.0 Å². The number of methoxy groups -OCH3 is 3. The Morgan fingerprint density at radius 3 is 2.55 bits per heavy atom. The first-order chi connectivity index (χ1) is 14.2. The second-order valence-electron chi connectivity index (χ2n) is 6.34. The molecule has 4 aromatic rings. The molecule has 4 rings (SSSR count). The molecule has 0 saturated heterocycles. The molecule has 0 spiro atoms. The highest BCUT2D eigenvalue weighted by molar-refractivity contribution is 5.95. The first-order valence-electron chi connectivity index (χ1n) is 9.15. The average Bonchev–Trinajstić information content (AvgIpc) is 3.22. The largest absolute Gasteiger partial charge is 0.497 e. The highest BCUT2D eigenvalue weighted by atomic mass is 16.5. The molecule has 0 aliphatic carbocycles. The van der Waals surface area contributed by atoms with Gasteiger partial charge in [-0.05, 0) is 31.2 Å². The van der Waals surface area contributed by atoms with Crippen LogP contribution in [0, 0.1) is 6.92 Å². The summed E-state index contributed by atoms with van der Waals surface area (Å²) in [5, 5.41) is 8.76. The van der Waals surface area contributed by atoms with Gasteiger partial charge in [0.1, 0.15) is 22.8 Å². The maximum Gasteiger partial charge on any atom is 0.226 e. The lowest BCUT2D eigenvalue weighted by molar-refractivity contribution is 0.391. The first-order valence-corrected chi connectivity index (χ1v) is 9.15. The monoisotopic (exact) mass is 392 g/mol. The number of rotatable bonds is 7. The molecule has 8 nitrogen and oxygen atoms in total. The Hall–Kier alpha value is -3.55. The Morgan fingerprint density at radius 1 is 1.00 bits per heavy atom. The van der Waals surface area contributed by atoms with E-state index in [1.54, 1.807) is 25.8 Å². The molecule has 0 atom stereocenters. The highest BCUT2D eigenvalue weighted by Crippen LogP contribution is 2.29. The van der Waals surface area contributed by atoms with Gasteiger partial charge >= 0.3 is 0 Å². The lowest BCUT2D eigenvalue weighted by atomic mass is 10.2. The molecule has 2 aromatic heterocycles. The van der Waals surface area contributed by atoms with Crippen LogP contribution in [0.2, 0.25) is 0 Å². The van der Waals surface area contributed by atoms with E-state index in [1.165, 1.54) is 0 Å². The summed E-state index contributed by atoms with van der Waals surface area (Å²) in [5.41, 5.74) is 2.38. The maximum atomic E-state index is 5.50. The minimum absolute atomic E-state index is 0.482. The minimum Gasteiger partial charge on any atom is -0.497 e. The second kappa shape index (κ2) is 7.83. The topological polar surface area (TPSA) is 82.8 Å². The number of hydrogen-bond donors (Lipinski definition) is 1. The minimum atomic E-state index is 0.482. The highest BCUT2D eigenvalue weighted by Gasteiger charge is 2.16. The van der Waals surface area contributed by atoms with Crippen LogP contribution in [0.25, 0.3) is 16.6 Å². The number of anilines is 1. The van der Waals surface area contributed by atoms with E-state index < -0.39 is 0 Å². The number of para-hydroxylation sites is 1. The van der Waals surface area contributed by atoms with Crippen LogP contribution in [0.1, 0.15) is 11.4 Å². The van der Waals surface area contributed by atoms with Crippen LogP contribution < -0.4 is 19.5 Å². The molecule has 1 N–H and O–H groups in total. The van der Waals surface area contributed by atoms with Crippen LogP contribution in [0.4, 0.5) is 5.95 Å². The van der Waals surface area contributed by atoms with Crippen LogP contribution in [-0.2, 0) is 13.0 Å². The van der Waals surface area contributed by atoms with Crippen LogP contribution in [0.3, 0.4) is 0 Å². The molecular weight excluding hydrogens is 370 g/mol. The third-order valence-corrected chi connectivity index (χ3v) is 4.68. The van der Waals surface area contributed by atoms with Crippen molar-refractivity contribution in [1.82, 2.24) is 19.6 Å². The third-order valence-electron chi connectivity index (χ3n) is 4.68. The van der Waals surface area contributed by atoms with E-state index in [-0.39, 0.29) is 0 Å². The molecule has 0 unspecified atom stereocenters. The second-order valence-corrected chi connectivity index (χ2v) is 6.34. The van der Waals surface area contributed by atoms with Gasteiger partial charge in [-0.15, -0.1) is 5.10 Å². The fourth-order valence-electron chi connectivity index (χ4n) is 3.21. The van der Waals surface area contributed by atoms with Crippen LogP contribution in [0.15, 0.2) is 36.4 Å². The quantitative estimate of drug-likeness (QED) is 0.517. The predicted octanol–water partition coefficient (Wildman–Crippen LogP) is 3.29. The van der Waals surface area contributed by atoms with E-state index in [1.807, 2.05) is 36.4 Å². The normalized spacial score (nSPS) is 11.0. The summed E-state index contributed by atoms with van der Waals surface area (Å²) in [6.07, 6.45) is 0.485. The molecule has 0 aliphatic rings. The van der Waals surface area contributed by atoms with Gasteiger partial charge in [-0.1, -0.05) is 6.07 Å². The zero-order valence-corrected chi connectivity index (χ0v) is 16.6. The van der Waals surface area contributed by atoms with Crippen molar-refractivity contribution in [2.75, 3.05) is 26.6 Å². The molecule has 149 valence electrons. The SMILES string of the molecule is [CH2]Cc1nc2c3cccc(OC)c3nc(NCc3ccc(OC)cc3OC)n2n1. The average molecular weight is 392 g/mol. The van der Waals surface area contributed by atoms with Crippen molar-refractivity contribution in [3.8, 4) is 17.2 Å². The Labute approximate surface area is 168 Å². The number of fused-ring (bicyclic) bond motifs is 3. The van der Waals surface area contributed by atoms with Gasteiger partial charge < -0.3 is 19.5 Å². The molecule has 0 bridgehead atoms. The van der Waals surface area contributed by atoms with Crippen molar-refractivity contribution in [3.05, 3.63) is 54.7 Å². The molecule has 0 amide bonds. The summed E-state index contributed by atoms with van der Waals surface area (Å²) in [5.74, 6) is 3.34. The Bertz CT molecular complexity index is 1170. The molecule has 29 heavy (non-hydrogen) atoms. The molecule has 0 saturated carbocycles. The fraction of sp³-hybridized carbons (Fsp3) is 0.238. The maximum absolute atomic E-state index is 5.50. The number of aromatic nitrogens is 4. The number of ether oxygens (including phenoxy) is 3. The standard InChI is InChI=1S/C21H22N5O3/c1-5-18-23-20-15-7-6-8-16(28-3)19(15)24-21(26(20)25-18)22-12-13-9-10-14(27-2)11-17(13)29-4/h6-11H,1,5,12H2,2-4H3,(H,22,24). The van der Waals surface area contributed by atoms with Crippen molar-refractivity contribution in [2.24, 2.45) is 0 Å². The summed E-state index contributed by atoms with van der Waals surface area (Å²) in [4.78, 5) is 9.38. The molecule has 1 radical (unpaired) electrons. The summed E-state index contributed by atoms with van der Waals surface area (Å²) in [6.45, 7) is 4.38. The summed E-state index contributed by atoms with van der Waals surface area (Å²) < 4.78 is 18.0. The number of nitrogens with zero attached hydrogens (tertiary/aromatic N) is 4. The lowest BCUT2D eigenvalue weighted by Gasteiger charge is -2.13. The first kappa shape index (κ1) is 18.8. The summed E-state index contributed by atoms with van der Waals surface area (Å²) in [7, 11) is 4.88. The van der Waals surface area contributed by atoms with Gasteiger partial charge in [0.05, 0.1) is 21.3 Å². The number of benzene rings is 2. The van der Waals surface area contributed by atoms with Gasteiger partial charge in [0.25, 0.3) is 0 Å². The zero-order chi connectivity index (χ0) is 20.4. The van der Waals surface area contributed by atoms with E-state index in [4.69, 9.17) is 19.2 Å². The van der Waals surface area contributed by atoms with Crippen molar-refractivity contribution < 1.29 is 14.2 Å². The Morgan fingerprint density at radius 2 is 1.83 bits per heavy atom. The molecule has 8 heteroatoms. The zero-order valence-electron chi connectivity index (χ0n) is 16.6. The summed E-state index contributed by atoms with van der Waals surface area (Å²) >= 11 is 0. The predicted molar refractivity (Wildman–Crippen MR) is 111 cm³/mol. The number of nitrogens with one attached hydrogen (secondary N) is 1. The fourth-order valence-corrected chi connectivity index (χ4v) is 3.21. The van der Waals surface area contributed by atoms with E-state index >= 15 is 0 Å². The van der Waals surface area contributed by atoms with Gasteiger partial charge in [0, 0.05) is 30.0 Å². The Kier molecular flexibility index (Phi) is 5.07. The molecule has 2 heterocycles. The van der Waals surface area contributed by atoms with Gasteiger partial charge in [0.2, 0.25) is 5.95 Å². The smallest absolute Gasteiger partial charge is 0.226 e. The van der Waals surface area contributed by atoms with Gasteiger partial charge in [0.15, 0.2) is 11.5 Å². The van der Waals surface area contributed by atoms with Crippen LogP contribution in [0.5, 0.6) is 17.2 Å². The lowest BCUT2D eigenvalue weighted by Crippen LogP contribution is -2.09. The Balaban J connectivity index is 1.79. The summed E-state index contributed by atoms with van der Waals surface area (Å²) in [6, 6.07) is 11.4. The van der Waals surface area contributed by atoms with Gasteiger partial charge in [-0.3, -0.25) is 0 Å². The van der Waals surface area contributed by atoms with Gasteiger partial charge in [-0.25, -0.2) is 9.97 Å². The number of hydrogen-bond acceptors (Lipinski definition) is 7. The molecule has 2 aromatic carbocycles.